The molecule has 138 valence electrons. The van der Waals surface area contributed by atoms with Gasteiger partial charge < -0.3 is 15.6 Å². The first kappa shape index (κ1) is 17.2. The maximum Gasteiger partial charge on any atom is 0.252 e. The van der Waals surface area contributed by atoms with Crippen LogP contribution in [0.3, 0.4) is 0 Å². The Bertz CT molecular complexity index is 1030. The number of carbonyl (C=O) groups excluding carboxylic acids is 2. The number of amides is 2. The molecule has 0 spiro atoms. The molecule has 3 heterocycles. The number of nitrogens with two attached hydrogens (primary N) is 1. The maximum absolute atomic E-state index is 13.0. The number of hydrogen-bond donors (Lipinski definition) is 2. The third-order valence-electron chi connectivity index (χ3n) is 5.15. The fourth-order valence-corrected chi connectivity index (χ4v) is 3.76. The predicted molar refractivity (Wildman–Crippen MR) is 101 cm³/mol. The average Bonchev–Trinajstić information content (AvgIpc) is 3.29. The molecule has 3 aromatic rings. The van der Waals surface area contributed by atoms with E-state index in [1.165, 1.54) is 6.20 Å². The number of aryl methyl sites for hydroxylation is 1. The summed E-state index contributed by atoms with van der Waals surface area (Å²) in [5.41, 5.74) is 8.20. The smallest absolute Gasteiger partial charge is 0.252 e. The number of H-pyrrole nitrogens is 1. The zero-order valence-corrected chi connectivity index (χ0v) is 15.1. The molecule has 1 aliphatic heterocycles. The van der Waals surface area contributed by atoms with E-state index in [0.717, 1.165) is 29.3 Å². The van der Waals surface area contributed by atoms with Crippen molar-refractivity contribution in [3.63, 3.8) is 0 Å². The lowest BCUT2D eigenvalue weighted by molar-refractivity contribution is -0.131. The van der Waals surface area contributed by atoms with Gasteiger partial charge in [-0.25, -0.2) is 9.97 Å². The number of rotatable bonds is 4. The molecule has 2 amide bonds. The molecule has 0 aliphatic carbocycles. The van der Waals surface area contributed by atoms with Crippen LogP contribution in [-0.4, -0.2) is 38.2 Å². The average molecular weight is 363 g/mol. The van der Waals surface area contributed by atoms with Crippen LogP contribution in [0.1, 0.15) is 46.3 Å². The summed E-state index contributed by atoms with van der Waals surface area (Å²) in [6.45, 7) is 2.42. The van der Waals surface area contributed by atoms with E-state index in [2.05, 4.69) is 15.0 Å². The Hall–Kier alpha value is -3.22. The van der Waals surface area contributed by atoms with Gasteiger partial charge in [0, 0.05) is 29.8 Å². The Morgan fingerprint density at radius 2 is 2.15 bits per heavy atom. The summed E-state index contributed by atoms with van der Waals surface area (Å²) in [6.07, 6.45) is 5.41. The number of hydrogen-bond acceptors (Lipinski definition) is 4. The zero-order chi connectivity index (χ0) is 19.0. The molecule has 1 atom stereocenters. The van der Waals surface area contributed by atoms with Gasteiger partial charge in [0.1, 0.15) is 0 Å². The third-order valence-corrected chi connectivity index (χ3v) is 5.15. The van der Waals surface area contributed by atoms with E-state index in [4.69, 9.17) is 5.73 Å². The number of benzene rings is 1. The fourth-order valence-electron chi connectivity index (χ4n) is 3.76. The molecule has 1 fully saturated rings. The van der Waals surface area contributed by atoms with Crippen LogP contribution in [0.5, 0.6) is 0 Å². The van der Waals surface area contributed by atoms with Gasteiger partial charge in [0.05, 0.1) is 23.7 Å². The summed E-state index contributed by atoms with van der Waals surface area (Å²) in [4.78, 5) is 38.2. The van der Waals surface area contributed by atoms with E-state index in [-0.39, 0.29) is 11.9 Å². The molecule has 1 saturated heterocycles. The van der Waals surface area contributed by atoms with Crippen LogP contribution in [0.25, 0.3) is 10.9 Å². The van der Waals surface area contributed by atoms with Gasteiger partial charge >= 0.3 is 0 Å². The minimum absolute atomic E-state index is 0.0579. The summed E-state index contributed by atoms with van der Waals surface area (Å²) >= 11 is 0. The highest BCUT2D eigenvalue weighted by atomic mass is 16.2. The van der Waals surface area contributed by atoms with Gasteiger partial charge in [-0.15, -0.1) is 0 Å². The van der Waals surface area contributed by atoms with Crippen molar-refractivity contribution in [1.82, 2.24) is 19.9 Å². The molecule has 1 aliphatic rings. The van der Waals surface area contributed by atoms with E-state index in [0.29, 0.717) is 30.0 Å². The van der Waals surface area contributed by atoms with E-state index < -0.39 is 5.91 Å². The van der Waals surface area contributed by atoms with Crippen molar-refractivity contribution in [2.75, 3.05) is 6.54 Å². The SMILES string of the molecule is Cc1nc([C@H]2CCCN2C(=O)Cc2c[nH]c3ccccc23)ncc1C(N)=O. The van der Waals surface area contributed by atoms with Crippen LogP contribution in [0.2, 0.25) is 0 Å². The van der Waals surface area contributed by atoms with Crippen molar-refractivity contribution in [2.45, 2.75) is 32.2 Å². The van der Waals surface area contributed by atoms with Crippen LogP contribution in [0.15, 0.2) is 36.7 Å². The summed E-state index contributed by atoms with van der Waals surface area (Å²) in [5, 5.41) is 1.07. The minimum atomic E-state index is -0.544. The molecule has 3 N–H and O–H groups in total. The quantitative estimate of drug-likeness (QED) is 0.742. The van der Waals surface area contributed by atoms with Crippen LogP contribution in [0, 0.1) is 6.92 Å². The Morgan fingerprint density at radius 3 is 2.93 bits per heavy atom. The standard InChI is InChI=1S/C20H21N5O2/c1-12-15(19(21)27)11-23-20(24-12)17-7-4-8-25(17)18(26)9-13-10-22-16-6-3-2-5-14(13)16/h2-3,5-6,10-11,17,22H,4,7-9H2,1H3,(H2,21,27)/t17-/m1/s1. The number of fused-ring (bicyclic) bond motifs is 1. The number of para-hydroxylation sites is 1. The second-order valence-corrected chi connectivity index (χ2v) is 6.87. The molecule has 0 saturated carbocycles. The molecule has 2 aromatic heterocycles. The lowest BCUT2D eigenvalue weighted by Crippen LogP contribution is -2.33. The van der Waals surface area contributed by atoms with Gasteiger partial charge in [0.15, 0.2) is 5.82 Å². The number of aromatic amines is 1. The lowest BCUT2D eigenvalue weighted by atomic mass is 10.1. The summed E-state index contributed by atoms with van der Waals surface area (Å²) in [7, 11) is 0. The normalized spacial score (nSPS) is 16.8. The predicted octanol–water partition coefficient (Wildman–Crippen LogP) is 2.27. The Labute approximate surface area is 156 Å². The summed E-state index contributed by atoms with van der Waals surface area (Å²) in [5.74, 6) is 0.0856. The van der Waals surface area contributed by atoms with Gasteiger partial charge in [0.2, 0.25) is 5.91 Å². The van der Waals surface area contributed by atoms with E-state index >= 15 is 0 Å². The van der Waals surface area contributed by atoms with Crippen molar-refractivity contribution in [3.05, 3.63) is 59.3 Å². The molecule has 27 heavy (non-hydrogen) atoms. The topological polar surface area (TPSA) is 105 Å². The molecule has 0 bridgehead atoms. The molecular formula is C20H21N5O2. The van der Waals surface area contributed by atoms with E-state index in [9.17, 15) is 9.59 Å². The molecule has 1 aromatic carbocycles. The van der Waals surface area contributed by atoms with Crippen molar-refractivity contribution < 1.29 is 9.59 Å². The number of aromatic nitrogens is 3. The minimum Gasteiger partial charge on any atom is -0.365 e. The van der Waals surface area contributed by atoms with Crippen molar-refractivity contribution in [1.29, 1.82) is 0 Å². The Kier molecular flexibility index (Phi) is 4.35. The molecular weight excluding hydrogens is 342 g/mol. The molecule has 4 rings (SSSR count). The van der Waals surface area contributed by atoms with Gasteiger partial charge in [-0.2, -0.15) is 0 Å². The highest BCUT2D eigenvalue weighted by Crippen LogP contribution is 2.31. The molecule has 0 unspecified atom stereocenters. The van der Waals surface area contributed by atoms with Crippen LogP contribution in [-0.2, 0) is 11.2 Å². The highest BCUT2D eigenvalue weighted by molar-refractivity contribution is 5.93. The molecule has 7 heteroatoms. The number of likely N-dealkylation sites (tertiary alicyclic amines) is 1. The second kappa shape index (κ2) is 6.83. The lowest BCUT2D eigenvalue weighted by Gasteiger charge is -2.24. The highest BCUT2D eigenvalue weighted by Gasteiger charge is 2.32. The third kappa shape index (κ3) is 3.16. The molecule has 7 nitrogen and oxygen atoms in total. The number of primary amides is 1. The van der Waals surface area contributed by atoms with Crippen LogP contribution < -0.4 is 5.73 Å². The van der Waals surface area contributed by atoms with Gasteiger partial charge in [-0.1, -0.05) is 18.2 Å². The zero-order valence-electron chi connectivity index (χ0n) is 15.1. The van der Waals surface area contributed by atoms with Crippen LogP contribution in [0.4, 0.5) is 0 Å². The second-order valence-electron chi connectivity index (χ2n) is 6.87. The first-order valence-corrected chi connectivity index (χ1v) is 9.02. The van der Waals surface area contributed by atoms with E-state index in [1.54, 1.807) is 6.92 Å². The first-order chi connectivity index (χ1) is 13.0. The number of carbonyl (C=O) groups is 2. The summed E-state index contributed by atoms with van der Waals surface area (Å²) in [6, 6.07) is 7.79. The maximum atomic E-state index is 13.0. The Morgan fingerprint density at radius 1 is 1.33 bits per heavy atom. The number of nitrogens with zero attached hydrogens (tertiary/aromatic N) is 3. The van der Waals surface area contributed by atoms with E-state index in [1.807, 2.05) is 35.4 Å². The van der Waals surface area contributed by atoms with Gasteiger partial charge in [0.25, 0.3) is 5.91 Å². The van der Waals surface area contributed by atoms with Crippen molar-refractivity contribution in [2.24, 2.45) is 5.73 Å². The summed E-state index contributed by atoms with van der Waals surface area (Å²) < 4.78 is 0. The van der Waals surface area contributed by atoms with Gasteiger partial charge in [-0.3, -0.25) is 9.59 Å². The van der Waals surface area contributed by atoms with Crippen molar-refractivity contribution >= 4 is 22.7 Å². The van der Waals surface area contributed by atoms with Gasteiger partial charge in [-0.05, 0) is 31.4 Å². The van der Waals surface area contributed by atoms with Crippen molar-refractivity contribution in [3.8, 4) is 0 Å². The monoisotopic (exact) mass is 363 g/mol. The first-order valence-electron chi connectivity index (χ1n) is 9.02. The molecule has 0 radical (unpaired) electrons. The number of nitrogens with one attached hydrogen (secondary N) is 1. The largest absolute Gasteiger partial charge is 0.365 e. The Balaban J connectivity index is 1.57. The fraction of sp³-hybridized carbons (Fsp3) is 0.300. The van der Waals surface area contributed by atoms with Crippen LogP contribution >= 0.6 is 0 Å².